The van der Waals surface area contributed by atoms with E-state index in [2.05, 4.69) is 36.1 Å². The van der Waals surface area contributed by atoms with Gasteiger partial charge in [-0.25, -0.2) is 0 Å². The summed E-state index contributed by atoms with van der Waals surface area (Å²) in [5.41, 5.74) is 1.98. The van der Waals surface area contributed by atoms with E-state index in [1.54, 1.807) is 0 Å². The van der Waals surface area contributed by atoms with Crippen LogP contribution in [0.1, 0.15) is 38.6 Å². The lowest BCUT2D eigenvalue weighted by Gasteiger charge is -2.19. The van der Waals surface area contributed by atoms with Crippen molar-refractivity contribution in [2.24, 2.45) is 5.92 Å². The fourth-order valence-corrected chi connectivity index (χ4v) is 1.33. The SMILES string of the molecule is CCC(C)C(C)NCc1cnc(C)cn1. The largest absolute Gasteiger partial charge is 0.308 e. The van der Waals surface area contributed by atoms with E-state index in [0.29, 0.717) is 12.0 Å². The molecule has 3 nitrogen and oxygen atoms in total. The van der Waals surface area contributed by atoms with Gasteiger partial charge in [0.25, 0.3) is 0 Å². The van der Waals surface area contributed by atoms with Crippen molar-refractivity contribution in [1.82, 2.24) is 15.3 Å². The highest BCUT2D eigenvalue weighted by Gasteiger charge is 2.09. The molecule has 1 aromatic heterocycles. The van der Waals surface area contributed by atoms with Crippen molar-refractivity contribution in [2.45, 2.75) is 46.7 Å². The van der Waals surface area contributed by atoms with Gasteiger partial charge in [-0.3, -0.25) is 9.97 Å². The Hall–Kier alpha value is -0.960. The monoisotopic (exact) mass is 207 g/mol. The Morgan fingerprint density at radius 2 is 2.00 bits per heavy atom. The molecule has 1 N–H and O–H groups in total. The second kappa shape index (κ2) is 5.81. The van der Waals surface area contributed by atoms with E-state index < -0.39 is 0 Å². The van der Waals surface area contributed by atoms with Crippen LogP contribution in [0.2, 0.25) is 0 Å². The first-order valence-corrected chi connectivity index (χ1v) is 5.64. The van der Waals surface area contributed by atoms with Crippen molar-refractivity contribution in [1.29, 1.82) is 0 Å². The Morgan fingerprint density at radius 1 is 1.27 bits per heavy atom. The van der Waals surface area contributed by atoms with E-state index in [-0.39, 0.29) is 0 Å². The minimum atomic E-state index is 0.526. The summed E-state index contributed by atoms with van der Waals surface area (Å²) in [6, 6.07) is 0.526. The third kappa shape index (κ3) is 3.96. The zero-order chi connectivity index (χ0) is 11.3. The molecule has 0 amide bonds. The van der Waals surface area contributed by atoms with Crippen molar-refractivity contribution in [3.05, 3.63) is 23.8 Å². The van der Waals surface area contributed by atoms with Crippen molar-refractivity contribution in [3.8, 4) is 0 Å². The minimum Gasteiger partial charge on any atom is -0.308 e. The number of aryl methyl sites for hydroxylation is 1. The Bertz CT molecular complexity index is 281. The number of aromatic nitrogens is 2. The number of hydrogen-bond acceptors (Lipinski definition) is 3. The van der Waals surface area contributed by atoms with Crippen LogP contribution in [-0.2, 0) is 6.54 Å². The highest BCUT2D eigenvalue weighted by Crippen LogP contribution is 2.07. The van der Waals surface area contributed by atoms with Crippen LogP contribution in [0.5, 0.6) is 0 Å². The second-order valence-electron chi connectivity index (χ2n) is 4.20. The summed E-state index contributed by atoms with van der Waals surface area (Å²) in [7, 11) is 0. The van der Waals surface area contributed by atoms with Gasteiger partial charge in [-0.2, -0.15) is 0 Å². The Balaban J connectivity index is 2.40. The van der Waals surface area contributed by atoms with Gasteiger partial charge in [0, 0.05) is 25.0 Å². The van der Waals surface area contributed by atoms with E-state index in [0.717, 1.165) is 17.9 Å². The molecule has 0 saturated carbocycles. The Labute approximate surface area is 92.3 Å². The van der Waals surface area contributed by atoms with Gasteiger partial charge >= 0.3 is 0 Å². The molecule has 0 aliphatic heterocycles. The zero-order valence-corrected chi connectivity index (χ0v) is 10.1. The van der Waals surface area contributed by atoms with Crippen LogP contribution in [0.25, 0.3) is 0 Å². The van der Waals surface area contributed by atoms with E-state index in [1.807, 2.05) is 19.3 Å². The summed E-state index contributed by atoms with van der Waals surface area (Å²) in [5.74, 6) is 0.698. The average molecular weight is 207 g/mol. The maximum Gasteiger partial charge on any atom is 0.0724 e. The van der Waals surface area contributed by atoms with Crippen LogP contribution in [-0.4, -0.2) is 16.0 Å². The molecule has 0 spiro atoms. The maximum atomic E-state index is 4.31. The van der Waals surface area contributed by atoms with E-state index >= 15 is 0 Å². The van der Waals surface area contributed by atoms with Crippen molar-refractivity contribution >= 4 is 0 Å². The first-order valence-electron chi connectivity index (χ1n) is 5.64. The molecule has 1 rings (SSSR count). The highest BCUT2D eigenvalue weighted by molar-refractivity contribution is 5.00. The summed E-state index contributed by atoms with van der Waals surface area (Å²) in [4.78, 5) is 8.53. The fraction of sp³-hybridized carbons (Fsp3) is 0.667. The van der Waals surface area contributed by atoms with Gasteiger partial charge < -0.3 is 5.32 Å². The van der Waals surface area contributed by atoms with Crippen molar-refractivity contribution < 1.29 is 0 Å². The topological polar surface area (TPSA) is 37.8 Å². The summed E-state index contributed by atoms with van der Waals surface area (Å²) in [6.07, 6.45) is 4.85. The lowest BCUT2D eigenvalue weighted by atomic mass is 10.0. The lowest BCUT2D eigenvalue weighted by Crippen LogP contribution is -2.31. The van der Waals surface area contributed by atoms with Gasteiger partial charge in [0.15, 0.2) is 0 Å². The summed E-state index contributed by atoms with van der Waals surface area (Å²) in [5, 5.41) is 3.47. The molecular formula is C12H21N3. The molecule has 2 atom stereocenters. The van der Waals surface area contributed by atoms with Crippen LogP contribution >= 0.6 is 0 Å². The van der Waals surface area contributed by atoms with Gasteiger partial charge in [0.05, 0.1) is 11.4 Å². The van der Waals surface area contributed by atoms with E-state index in [9.17, 15) is 0 Å². The Morgan fingerprint density at radius 3 is 2.53 bits per heavy atom. The van der Waals surface area contributed by atoms with Crippen LogP contribution in [0.3, 0.4) is 0 Å². The second-order valence-corrected chi connectivity index (χ2v) is 4.20. The molecule has 1 aromatic rings. The molecule has 1 heterocycles. The summed E-state index contributed by atoms with van der Waals surface area (Å²) < 4.78 is 0. The van der Waals surface area contributed by atoms with Gasteiger partial charge in [-0.1, -0.05) is 20.3 Å². The van der Waals surface area contributed by atoms with Gasteiger partial charge in [0.2, 0.25) is 0 Å². The molecule has 0 fully saturated rings. The van der Waals surface area contributed by atoms with Gasteiger partial charge in [-0.15, -0.1) is 0 Å². The third-order valence-electron chi connectivity index (χ3n) is 2.94. The molecule has 0 radical (unpaired) electrons. The predicted molar refractivity (Wildman–Crippen MR) is 62.5 cm³/mol. The quantitative estimate of drug-likeness (QED) is 0.805. The molecule has 15 heavy (non-hydrogen) atoms. The van der Waals surface area contributed by atoms with Crippen LogP contribution in [0.4, 0.5) is 0 Å². The normalized spacial score (nSPS) is 14.9. The third-order valence-corrected chi connectivity index (χ3v) is 2.94. The smallest absolute Gasteiger partial charge is 0.0724 e. The molecular weight excluding hydrogens is 186 g/mol. The summed E-state index contributed by atoms with van der Waals surface area (Å²) in [6.45, 7) is 9.45. The minimum absolute atomic E-state index is 0.526. The Kier molecular flexibility index (Phi) is 4.69. The van der Waals surface area contributed by atoms with Gasteiger partial charge in [0.1, 0.15) is 0 Å². The first-order chi connectivity index (χ1) is 7.13. The number of nitrogens with one attached hydrogen (secondary N) is 1. The highest BCUT2D eigenvalue weighted by atomic mass is 14.9. The molecule has 84 valence electrons. The van der Waals surface area contributed by atoms with Crippen molar-refractivity contribution in [3.63, 3.8) is 0 Å². The standard InChI is InChI=1S/C12H21N3/c1-5-9(2)11(4)14-8-12-7-13-10(3)6-15-12/h6-7,9,11,14H,5,8H2,1-4H3. The number of nitrogens with zero attached hydrogens (tertiary/aromatic N) is 2. The molecule has 0 saturated heterocycles. The lowest BCUT2D eigenvalue weighted by molar-refractivity contribution is 0.387. The van der Waals surface area contributed by atoms with Crippen LogP contribution < -0.4 is 5.32 Å². The average Bonchev–Trinajstić information content (AvgIpc) is 2.26. The van der Waals surface area contributed by atoms with Crippen LogP contribution in [0, 0.1) is 12.8 Å². The van der Waals surface area contributed by atoms with Crippen molar-refractivity contribution in [2.75, 3.05) is 0 Å². The molecule has 0 bridgehead atoms. The van der Waals surface area contributed by atoms with Crippen LogP contribution in [0.15, 0.2) is 12.4 Å². The number of rotatable bonds is 5. The number of hydrogen-bond donors (Lipinski definition) is 1. The first kappa shape index (κ1) is 12.1. The molecule has 0 aliphatic rings. The fourth-order valence-electron chi connectivity index (χ4n) is 1.33. The molecule has 0 aromatic carbocycles. The zero-order valence-electron chi connectivity index (χ0n) is 10.1. The summed E-state index contributed by atoms with van der Waals surface area (Å²) >= 11 is 0. The maximum absolute atomic E-state index is 4.31. The molecule has 2 unspecified atom stereocenters. The van der Waals surface area contributed by atoms with E-state index in [4.69, 9.17) is 0 Å². The molecule has 3 heteroatoms. The van der Waals surface area contributed by atoms with E-state index in [1.165, 1.54) is 6.42 Å². The predicted octanol–water partition coefficient (Wildman–Crippen LogP) is 2.31. The van der Waals surface area contributed by atoms with Gasteiger partial charge in [-0.05, 0) is 19.8 Å². The molecule has 0 aliphatic carbocycles.